The first-order valence-electron chi connectivity index (χ1n) is 9.35. The van der Waals surface area contributed by atoms with Gasteiger partial charge in [-0.15, -0.1) is 13.2 Å². The van der Waals surface area contributed by atoms with Gasteiger partial charge in [0.15, 0.2) is 0 Å². The Morgan fingerprint density at radius 3 is 2.48 bits per heavy atom. The van der Waals surface area contributed by atoms with Crippen LogP contribution in [0.1, 0.15) is 31.2 Å². The Morgan fingerprint density at radius 1 is 1.19 bits per heavy atom. The Balaban J connectivity index is 1.39. The van der Waals surface area contributed by atoms with Crippen molar-refractivity contribution in [2.75, 3.05) is 26.2 Å². The molecule has 27 heavy (non-hydrogen) atoms. The standard InChI is InChI=1S/C19H25F3N2O3/c20-19(21,22)27-16-5-3-14(4-6-16)13-24-9-7-15(8-10-24)18(25)23-12-17-2-1-11-26-17/h3-6,15,17H,1-2,7-13H2,(H,23,25). The zero-order valence-electron chi connectivity index (χ0n) is 15.1. The van der Waals surface area contributed by atoms with Crippen LogP contribution in [-0.4, -0.2) is 49.5 Å². The number of carbonyl (C=O) groups excluding carboxylic acids is 1. The number of hydrogen-bond acceptors (Lipinski definition) is 4. The summed E-state index contributed by atoms with van der Waals surface area (Å²) in [6, 6.07) is 5.94. The second-order valence-electron chi connectivity index (χ2n) is 7.12. The van der Waals surface area contributed by atoms with Gasteiger partial charge in [0.25, 0.3) is 0 Å². The number of ether oxygens (including phenoxy) is 2. The minimum atomic E-state index is -4.67. The fourth-order valence-corrected chi connectivity index (χ4v) is 3.57. The van der Waals surface area contributed by atoms with E-state index in [4.69, 9.17) is 4.74 Å². The number of likely N-dealkylation sites (tertiary alicyclic amines) is 1. The molecule has 0 aromatic heterocycles. The molecule has 0 aliphatic carbocycles. The van der Waals surface area contributed by atoms with Crippen LogP contribution < -0.4 is 10.1 Å². The highest BCUT2D eigenvalue weighted by Gasteiger charge is 2.31. The van der Waals surface area contributed by atoms with Gasteiger partial charge in [-0.3, -0.25) is 9.69 Å². The molecule has 0 spiro atoms. The van der Waals surface area contributed by atoms with Crippen molar-refractivity contribution in [1.29, 1.82) is 0 Å². The highest BCUT2D eigenvalue weighted by atomic mass is 19.4. The van der Waals surface area contributed by atoms with Crippen LogP contribution in [-0.2, 0) is 16.1 Å². The average molecular weight is 386 g/mol. The van der Waals surface area contributed by atoms with E-state index in [1.165, 1.54) is 12.1 Å². The van der Waals surface area contributed by atoms with Gasteiger partial charge in [0, 0.05) is 25.6 Å². The molecule has 2 saturated heterocycles. The molecule has 2 aliphatic heterocycles. The summed E-state index contributed by atoms with van der Waals surface area (Å²) in [6.07, 6.45) is -0.890. The predicted molar refractivity (Wildman–Crippen MR) is 93.1 cm³/mol. The van der Waals surface area contributed by atoms with Crippen molar-refractivity contribution in [2.24, 2.45) is 5.92 Å². The van der Waals surface area contributed by atoms with Gasteiger partial charge < -0.3 is 14.8 Å². The number of piperidine rings is 1. The van der Waals surface area contributed by atoms with Crippen molar-refractivity contribution in [3.63, 3.8) is 0 Å². The van der Waals surface area contributed by atoms with Crippen molar-refractivity contribution >= 4 is 5.91 Å². The number of nitrogens with one attached hydrogen (secondary N) is 1. The van der Waals surface area contributed by atoms with Gasteiger partial charge in [-0.2, -0.15) is 0 Å². The molecule has 1 unspecified atom stereocenters. The van der Waals surface area contributed by atoms with Crippen LogP contribution in [0.5, 0.6) is 5.75 Å². The van der Waals surface area contributed by atoms with Gasteiger partial charge in [0.05, 0.1) is 6.10 Å². The molecular weight excluding hydrogens is 361 g/mol. The lowest BCUT2D eigenvalue weighted by molar-refractivity contribution is -0.274. The Bertz CT molecular complexity index is 608. The minimum absolute atomic E-state index is 0.0187. The van der Waals surface area contributed by atoms with Crippen molar-refractivity contribution in [1.82, 2.24) is 10.2 Å². The molecule has 5 nitrogen and oxygen atoms in total. The predicted octanol–water partition coefficient (Wildman–Crippen LogP) is 3.09. The molecule has 8 heteroatoms. The molecule has 1 aromatic rings. The van der Waals surface area contributed by atoms with Crippen molar-refractivity contribution in [2.45, 2.75) is 44.7 Å². The largest absolute Gasteiger partial charge is 0.573 e. The number of benzene rings is 1. The van der Waals surface area contributed by atoms with Crippen molar-refractivity contribution < 1.29 is 27.4 Å². The van der Waals surface area contributed by atoms with E-state index in [2.05, 4.69) is 15.0 Å². The number of hydrogen-bond donors (Lipinski definition) is 1. The summed E-state index contributed by atoms with van der Waals surface area (Å²) in [4.78, 5) is 14.5. The van der Waals surface area contributed by atoms with Gasteiger partial charge >= 0.3 is 6.36 Å². The van der Waals surface area contributed by atoms with Crippen LogP contribution in [0.3, 0.4) is 0 Å². The first-order chi connectivity index (χ1) is 12.9. The summed E-state index contributed by atoms with van der Waals surface area (Å²) in [5.41, 5.74) is 0.922. The molecule has 2 heterocycles. The third-order valence-electron chi connectivity index (χ3n) is 5.05. The first-order valence-corrected chi connectivity index (χ1v) is 9.35. The molecule has 3 rings (SSSR count). The molecule has 0 radical (unpaired) electrons. The van der Waals surface area contributed by atoms with Gasteiger partial charge in [0.1, 0.15) is 5.75 Å². The molecule has 1 amide bonds. The van der Waals surface area contributed by atoms with E-state index in [0.717, 1.165) is 50.9 Å². The number of carbonyl (C=O) groups is 1. The van der Waals surface area contributed by atoms with E-state index in [0.29, 0.717) is 13.1 Å². The first kappa shape index (κ1) is 19.9. The molecule has 2 aliphatic rings. The van der Waals surface area contributed by atoms with E-state index >= 15 is 0 Å². The highest BCUT2D eigenvalue weighted by molar-refractivity contribution is 5.78. The Labute approximate surface area is 156 Å². The summed E-state index contributed by atoms with van der Waals surface area (Å²) in [5.74, 6) is -0.100. The summed E-state index contributed by atoms with van der Waals surface area (Å²) < 4.78 is 46.0. The summed E-state index contributed by atoms with van der Waals surface area (Å²) in [7, 11) is 0. The van der Waals surface area contributed by atoms with Crippen LogP contribution in [0.25, 0.3) is 0 Å². The average Bonchev–Trinajstić information content (AvgIpc) is 3.14. The van der Waals surface area contributed by atoms with E-state index in [-0.39, 0.29) is 23.7 Å². The van der Waals surface area contributed by atoms with Crippen LogP contribution >= 0.6 is 0 Å². The number of halogens is 3. The zero-order chi connectivity index (χ0) is 19.3. The molecule has 0 saturated carbocycles. The Kier molecular flexibility index (Phi) is 6.59. The van der Waals surface area contributed by atoms with Gasteiger partial charge in [-0.05, 0) is 56.5 Å². The Morgan fingerprint density at radius 2 is 1.89 bits per heavy atom. The van der Waals surface area contributed by atoms with E-state index in [1.54, 1.807) is 12.1 Å². The maximum atomic E-state index is 12.3. The molecule has 1 aromatic carbocycles. The minimum Gasteiger partial charge on any atom is -0.406 e. The molecule has 0 bridgehead atoms. The lowest BCUT2D eigenvalue weighted by atomic mass is 9.95. The fourth-order valence-electron chi connectivity index (χ4n) is 3.57. The quantitative estimate of drug-likeness (QED) is 0.816. The van der Waals surface area contributed by atoms with E-state index in [9.17, 15) is 18.0 Å². The van der Waals surface area contributed by atoms with Crippen LogP contribution in [0.4, 0.5) is 13.2 Å². The highest BCUT2D eigenvalue weighted by Crippen LogP contribution is 2.24. The topological polar surface area (TPSA) is 50.8 Å². The molecular formula is C19H25F3N2O3. The van der Waals surface area contributed by atoms with Crippen LogP contribution in [0.2, 0.25) is 0 Å². The number of alkyl halides is 3. The molecule has 1 N–H and O–H groups in total. The van der Waals surface area contributed by atoms with Gasteiger partial charge in [-0.25, -0.2) is 0 Å². The molecule has 2 fully saturated rings. The van der Waals surface area contributed by atoms with Crippen LogP contribution in [0.15, 0.2) is 24.3 Å². The normalized spacial score (nSPS) is 22.0. The molecule has 1 atom stereocenters. The van der Waals surface area contributed by atoms with Gasteiger partial charge in [0.2, 0.25) is 5.91 Å². The monoisotopic (exact) mass is 386 g/mol. The third-order valence-corrected chi connectivity index (χ3v) is 5.05. The Hall–Kier alpha value is -1.80. The summed E-state index contributed by atoms with van der Waals surface area (Å²) in [6.45, 7) is 3.60. The molecule has 150 valence electrons. The van der Waals surface area contributed by atoms with Crippen LogP contribution in [0, 0.1) is 5.92 Å². The number of nitrogens with zero attached hydrogens (tertiary/aromatic N) is 1. The number of amides is 1. The third kappa shape index (κ3) is 6.39. The smallest absolute Gasteiger partial charge is 0.406 e. The van der Waals surface area contributed by atoms with Gasteiger partial charge in [-0.1, -0.05) is 12.1 Å². The zero-order valence-corrected chi connectivity index (χ0v) is 15.1. The fraction of sp³-hybridized carbons (Fsp3) is 0.632. The SMILES string of the molecule is O=C(NCC1CCCO1)C1CCN(Cc2ccc(OC(F)(F)F)cc2)CC1. The second-order valence-corrected chi connectivity index (χ2v) is 7.12. The second kappa shape index (κ2) is 8.93. The maximum absolute atomic E-state index is 12.3. The van der Waals surface area contributed by atoms with E-state index in [1.807, 2.05) is 0 Å². The van der Waals surface area contributed by atoms with E-state index < -0.39 is 6.36 Å². The van der Waals surface area contributed by atoms with Crippen molar-refractivity contribution in [3.05, 3.63) is 29.8 Å². The van der Waals surface area contributed by atoms with Crippen molar-refractivity contribution in [3.8, 4) is 5.75 Å². The summed E-state index contributed by atoms with van der Waals surface area (Å²) in [5, 5.41) is 3.00. The lowest BCUT2D eigenvalue weighted by Crippen LogP contribution is -2.42. The maximum Gasteiger partial charge on any atom is 0.573 e. The summed E-state index contributed by atoms with van der Waals surface area (Å²) >= 11 is 0. The number of rotatable bonds is 6. The lowest BCUT2D eigenvalue weighted by Gasteiger charge is -2.31.